The van der Waals surface area contributed by atoms with Crippen LogP contribution in [0.15, 0.2) is 6.20 Å². The van der Waals surface area contributed by atoms with Crippen LogP contribution >= 0.6 is 0 Å². The van der Waals surface area contributed by atoms with E-state index in [0.717, 1.165) is 12.1 Å². The highest BCUT2D eigenvalue weighted by Crippen LogP contribution is 2.28. The van der Waals surface area contributed by atoms with Gasteiger partial charge in [-0.1, -0.05) is 40.0 Å². The topological polar surface area (TPSA) is 91.3 Å². The smallest absolute Gasteiger partial charge is 0.307 e. The molecule has 2 rings (SSSR count). The molecular formula is C20H31N3O3. The van der Waals surface area contributed by atoms with E-state index in [1.807, 2.05) is 27.7 Å². The number of aromatic nitrogens is 1. The molecule has 1 aliphatic carbocycles. The van der Waals surface area contributed by atoms with E-state index in [1.54, 1.807) is 6.20 Å². The predicted octanol–water partition coefficient (Wildman–Crippen LogP) is 3.99. The molecule has 1 aromatic heterocycles. The van der Waals surface area contributed by atoms with Crippen LogP contribution in [-0.2, 0) is 16.0 Å². The van der Waals surface area contributed by atoms with Crippen molar-refractivity contribution in [2.24, 2.45) is 11.3 Å². The van der Waals surface area contributed by atoms with E-state index < -0.39 is 11.4 Å². The third-order valence-electron chi connectivity index (χ3n) is 5.01. The molecule has 0 aromatic carbocycles. The third-order valence-corrected chi connectivity index (χ3v) is 5.01. The van der Waals surface area contributed by atoms with Gasteiger partial charge in [-0.2, -0.15) is 0 Å². The molecule has 1 fully saturated rings. The van der Waals surface area contributed by atoms with E-state index in [4.69, 9.17) is 0 Å². The maximum atomic E-state index is 12.3. The summed E-state index contributed by atoms with van der Waals surface area (Å²) in [5.41, 5.74) is 1.44. The lowest BCUT2D eigenvalue weighted by Gasteiger charge is -2.24. The molecule has 6 heteroatoms. The van der Waals surface area contributed by atoms with Crippen molar-refractivity contribution in [2.75, 3.05) is 17.2 Å². The van der Waals surface area contributed by atoms with Gasteiger partial charge in [-0.15, -0.1) is 0 Å². The van der Waals surface area contributed by atoms with Crippen molar-refractivity contribution in [3.05, 3.63) is 17.3 Å². The summed E-state index contributed by atoms with van der Waals surface area (Å²) in [4.78, 5) is 28.0. The Kier molecular flexibility index (Phi) is 6.62. The number of nitrogens with one attached hydrogen (secondary N) is 2. The Morgan fingerprint density at radius 2 is 1.88 bits per heavy atom. The summed E-state index contributed by atoms with van der Waals surface area (Å²) in [6.07, 6.45) is 7.75. The van der Waals surface area contributed by atoms with Crippen molar-refractivity contribution < 1.29 is 14.7 Å². The largest absolute Gasteiger partial charge is 0.481 e. The highest BCUT2D eigenvalue weighted by Gasteiger charge is 2.23. The van der Waals surface area contributed by atoms with Gasteiger partial charge in [0.15, 0.2) is 0 Å². The number of hydrogen-bond donors (Lipinski definition) is 3. The van der Waals surface area contributed by atoms with E-state index in [-0.39, 0.29) is 12.3 Å². The normalized spacial score (nSPS) is 15.5. The van der Waals surface area contributed by atoms with Gasteiger partial charge in [0, 0.05) is 17.5 Å². The van der Waals surface area contributed by atoms with Gasteiger partial charge in [0.2, 0.25) is 5.91 Å². The van der Waals surface area contributed by atoms with Crippen LogP contribution in [0.4, 0.5) is 11.5 Å². The molecule has 26 heavy (non-hydrogen) atoms. The molecule has 1 aromatic rings. The predicted molar refractivity (Wildman–Crippen MR) is 103 cm³/mol. The zero-order valence-electron chi connectivity index (χ0n) is 16.3. The first-order valence-electron chi connectivity index (χ1n) is 9.44. The minimum absolute atomic E-state index is 0.119. The summed E-state index contributed by atoms with van der Waals surface area (Å²) in [7, 11) is 0. The second kappa shape index (κ2) is 8.52. The van der Waals surface area contributed by atoms with E-state index in [0.29, 0.717) is 23.0 Å². The fraction of sp³-hybridized carbons (Fsp3) is 0.650. The highest BCUT2D eigenvalue weighted by molar-refractivity contribution is 5.95. The van der Waals surface area contributed by atoms with E-state index in [2.05, 4.69) is 15.6 Å². The molecule has 1 aliphatic rings. The summed E-state index contributed by atoms with van der Waals surface area (Å²) in [6, 6.07) is 0. The van der Waals surface area contributed by atoms with Gasteiger partial charge in [-0.05, 0) is 31.2 Å². The number of nitrogens with zero attached hydrogens (tertiary/aromatic N) is 1. The first-order chi connectivity index (χ1) is 12.2. The monoisotopic (exact) mass is 361 g/mol. The molecule has 3 N–H and O–H groups in total. The number of carboxylic acid groups (broad SMARTS) is 1. The van der Waals surface area contributed by atoms with Gasteiger partial charge < -0.3 is 15.7 Å². The molecule has 1 amide bonds. The molecule has 0 radical (unpaired) electrons. The van der Waals surface area contributed by atoms with Gasteiger partial charge in [-0.25, -0.2) is 4.98 Å². The summed E-state index contributed by atoms with van der Waals surface area (Å²) < 4.78 is 0. The summed E-state index contributed by atoms with van der Waals surface area (Å²) >= 11 is 0. The van der Waals surface area contributed by atoms with Crippen molar-refractivity contribution in [1.82, 2.24) is 4.98 Å². The molecule has 6 nitrogen and oxygen atoms in total. The molecule has 0 atom stereocenters. The number of pyridine rings is 1. The standard InChI is InChI=1S/C20H31N3O3/c1-13-15(10-17(24)25)18(21-11-14-8-6-5-7-9-14)22-12-16(13)23-19(26)20(2,3)4/h12,14H,5-11H2,1-4H3,(H,21,22)(H,23,26)(H,24,25). The summed E-state index contributed by atoms with van der Waals surface area (Å²) in [6.45, 7) is 8.16. The number of aliphatic carboxylic acids is 1. The number of anilines is 2. The van der Waals surface area contributed by atoms with Gasteiger partial charge in [-0.3, -0.25) is 9.59 Å². The minimum atomic E-state index is -0.907. The van der Waals surface area contributed by atoms with Gasteiger partial charge in [0.05, 0.1) is 18.3 Å². The van der Waals surface area contributed by atoms with Crippen LogP contribution in [0.3, 0.4) is 0 Å². The molecule has 0 saturated heterocycles. The van der Waals surface area contributed by atoms with Crippen molar-refractivity contribution in [3.63, 3.8) is 0 Å². The quantitative estimate of drug-likeness (QED) is 0.712. The van der Waals surface area contributed by atoms with Crippen molar-refractivity contribution in [1.29, 1.82) is 0 Å². The molecular weight excluding hydrogens is 330 g/mol. The molecule has 1 heterocycles. The number of carbonyl (C=O) groups excluding carboxylic acids is 1. The van der Waals surface area contributed by atoms with Crippen molar-refractivity contribution in [3.8, 4) is 0 Å². The van der Waals surface area contributed by atoms with Crippen LogP contribution in [0.5, 0.6) is 0 Å². The SMILES string of the molecule is Cc1c(NC(=O)C(C)(C)C)cnc(NCC2CCCCC2)c1CC(=O)O. The van der Waals surface area contributed by atoms with Crippen LogP contribution in [0.25, 0.3) is 0 Å². The molecule has 0 unspecified atom stereocenters. The van der Waals surface area contributed by atoms with Crippen LogP contribution in [-0.4, -0.2) is 28.5 Å². The Morgan fingerprint density at radius 1 is 1.23 bits per heavy atom. The molecule has 0 aliphatic heterocycles. The Labute approximate surface area is 155 Å². The van der Waals surface area contributed by atoms with Crippen molar-refractivity contribution >= 4 is 23.4 Å². The maximum Gasteiger partial charge on any atom is 0.307 e. The minimum Gasteiger partial charge on any atom is -0.481 e. The fourth-order valence-corrected chi connectivity index (χ4v) is 3.23. The van der Waals surface area contributed by atoms with E-state index in [9.17, 15) is 14.7 Å². The second-order valence-corrected chi connectivity index (χ2v) is 8.28. The summed E-state index contributed by atoms with van der Waals surface area (Å²) in [5.74, 6) is 0.203. The van der Waals surface area contributed by atoms with E-state index >= 15 is 0 Å². The molecule has 144 valence electrons. The maximum absolute atomic E-state index is 12.3. The Balaban J connectivity index is 2.20. The third kappa shape index (κ3) is 5.44. The number of carbonyl (C=O) groups is 2. The number of amides is 1. The number of rotatable bonds is 6. The average molecular weight is 361 g/mol. The highest BCUT2D eigenvalue weighted by atomic mass is 16.4. The lowest BCUT2D eigenvalue weighted by atomic mass is 9.89. The summed E-state index contributed by atoms with van der Waals surface area (Å²) in [5, 5.41) is 15.5. The van der Waals surface area contributed by atoms with Crippen molar-refractivity contribution in [2.45, 2.75) is 66.2 Å². The fourth-order valence-electron chi connectivity index (χ4n) is 3.23. The zero-order valence-corrected chi connectivity index (χ0v) is 16.3. The average Bonchev–Trinajstić information content (AvgIpc) is 2.57. The van der Waals surface area contributed by atoms with Crippen LogP contribution in [0, 0.1) is 18.3 Å². The lowest BCUT2D eigenvalue weighted by Crippen LogP contribution is -2.28. The first-order valence-corrected chi connectivity index (χ1v) is 9.44. The molecule has 0 bridgehead atoms. The molecule has 0 spiro atoms. The van der Waals surface area contributed by atoms with Gasteiger partial charge >= 0.3 is 5.97 Å². The number of hydrogen-bond acceptors (Lipinski definition) is 4. The Morgan fingerprint density at radius 3 is 2.46 bits per heavy atom. The van der Waals surface area contributed by atoms with E-state index in [1.165, 1.54) is 32.1 Å². The Hall–Kier alpha value is -2.11. The van der Waals surface area contributed by atoms with Crippen LogP contribution in [0.2, 0.25) is 0 Å². The zero-order chi connectivity index (χ0) is 19.3. The van der Waals surface area contributed by atoms with Crippen LogP contribution < -0.4 is 10.6 Å². The lowest BCUT2D eigenvalue weighted by molar-refractivity contribution is -0.136. The van der Waals surface area contributed by atoms with Gasteiger partial charge in [0.1, 0.15) is 5.82 Å². The molecule has 1 saturated carbocycles. The van der Waals surface area contributed by atoms with Gasteiger partial charge in [0.25, 0.3) is 0 Å². The first kappa shape index (κ1) is 20.2. The van der Waals surface area contributed by atoms with Crippen LogP contribution in [0.1, 0.15) is 64.0 Å². The second-order valence-electron chi connectivity index (χ2n) is 8.28. The Bertz CT molecular complexity index is 659. The number of carboxylic acids is 1.